The standard InChI is InChI=1S/C13H17N3O/c1-13(2,3)11-7-10(9-17)8-12(15-11)16-6-4-5-14-16/h4-8,17H,9H2,1-3H3. The molecule has 0 fully saturated rings. The fourth-order valence-corrected chi connectivity index (χ4v) is 1.57. The fourth-order valence-electron chi connectivity index (χ4n) is 1.57. The molecule has 2 rings (SSSR count). The van der Waals surface area contributed by atoms with Crippen LogP contribution in [0.25, 0.3) is 5.82 Å². The van der Waals surface area contributed by atoms with Gasteiger partial charge < -0.3 is 5.11 Å². The monoisotopic (exact) mass is 231 g/mol. The first-order valence-corrected chi connectivity index (χ1v) is 5.63. The molecular weight excluding hydrogens is 214 g/mol. The van der Waals surface area contributed by atoms with Crippen LogP contribution in [0.4, 0.5) is 0 Å². The van der Waals surface area contributed by atoms with Crippen molar-refractivity contribution in [1.82, 2.24) is 14.8 Å². The first-order valence-electron chi connectivity index (χ1n) is 5.63. The van der Waals surface area contributed by atoms with Crippen LogP contribution in [0.2, 0.25) is 0 Å². The highest BCUT2D eigenvalue weighted by Gasteiger charge is 2.17. The molecule has 0 aliphatic carbocycles. The van der Waals surface area contributed by atoms with Crippen molar-refractivity contribution in [2.75, 3.05) is 0 Å². The minimum absolute atomic E-state index is 0.0138. The van der Waals surface area contributed by atoms with E-state index in [9.17, 15) is 5.11 Å². The smallest absolute Gasteiger partial charge is 0.153 e. The second-order valence-electron chi connectivity index (χ2n) is 5.08. The molecule has 0 aromatic carbocycles. The maximum Gasteiger partial charge on any atom is 0.153 e. The third-order valence-corrected chi connectivity index (χ3v) is 2.56. The van der Waals surface area contributed by atoms with Crippen LogP contribution in [0.5, 0.6) is 0 Å². The summed E-state index contributed by atoms with van der Waals surface area (Å²) in [7, 11) is 0. The van der Waals surface area contributed by atoms with Crippen LogP contribution in [-0.4, -0.2) is 19.9 Å². The van der Waals surface area contributed by atoms with Gasteiger partial charge in [0.2, 0.25) is 0 Å². The van der Waals surface area contributed by atoms with E-state index < -0.39 is 0 Å². The summed E-state index contributed by atoms with van der Waals surface area (Å²) in [6.07, 6.45) is 3.56. The molecule has 0 saturated carbocycles. The number of aromatic nitrogens is 3. The third kappa shape index (κ3) is 2.53. The highest BCUT2D eigenvalue weighted by atomic mass is 16.3. The van der Waals surface area contributed by atoms with Crippen molar-refractivity contribution in [3.05, 3.63) is 41.9 Å². The highest BCUT2D eigenvalue weighted by Crippen LogP contribution is 2.22. The molecule has 90 valence electrons. The van der Waals surface area contributed by atoms with E-state index in [0.29, 0.717) is 0 Å². The summed E-state index contributed by atoms with van der Waals surface area (Å²) in [6.45, 7) is 6.32. The van der Waals surface area contributed by atoms with Gasteiger partial charge in [-0.2, -0.15) is 5.10 Å². The van der Waals surface area contributed by atoms with E-state index in [1.54, 1.807) is 10.9 Å². The van der Waals surface area contributed by atoms with Gasteiger partial charge in [-0.15, -0.1) is 0 Å². The molecule has 4 nitrogen and oxygen atoms in total. The van der Waals surface area contributed by atoms with Gasteiger partial charge in [-0.1, -0.05) is 20.8 Å². The third-order valence-electron chi connectivity index (χ3n) is 2.56. The van der Waals surface area contributed by atoms with E-state index in [0.717, 1.165) is 17.1 Å². The van der Waals surface area contributed by atoms with Crippen molar-refractivity contribution in [1.29, 1.82) is 0 Å². The van der Waals surface area contributed by atoms with Gasteiger partial charge in [0.05, 0.1) is 6.61 Å². The fraction of sp³-hybridized carbons (Fsp3) is 0.385. The molecule has 1 N–H and O–H groups in total. The zero-order valence-corrected chi connectivity index (χ0v) is 10.4. The Balaban J connectivity index is 2.54. The summed E-state index contributed by atoms with van der Waals surface area (Å²) in [5, 5.41) is 13.4. The Labute approximate surface area is 101 Å². The molecule has 17 heavy (non-hydrogen) atoms. The van der Waals surface area contributed by atoms with Crippen LogP contribution in [0, 0.1) is 0 Å². The Morgan fingerprint density at radius 1 is 1.29 bits per heavy atom. The largest absolute Gasteiger partial charge is 0.392 e. The number of hydrogen-bond acceptors (Lipinski definition) is 3. The number of pyridine rings is 1. The van der Waals surface area contributed by atoms with Crippen molar-refractivity contribution in [2.24, 2.45) is 0 Å². The van der Waals surface area contributed by atoms with E-state index in [2.05, 4.69) is 30.9 Å². The van der Waals surface area contributed by atoms with Crippen molar-refractivity contribution in [2.45, 2.75) is 32.8 Å². The topological polar surface area (TPSA) is 50.9 Å². The summed E-state index contributed by atoms with van der Waals surface area (Å²) in [6, 6.07) is 5.64. The molecule has 0 saturated heterocycles. The summed E-state index contributed by atoms with van der Waals surface area (Å²) in [5.41, 5.74) is 1.76. The lowest BCUT2D eigenvalue weighted by molar-refractivity contribution is 0.281. The number of rotatable bonds is 2. The lowest BCUT2D eigenvalue weighted by atomic mass is 9.91. The Hall–Kier alpha value is -1.68. The number of nitrogens with zero attached hydrogens (tertiary/aromatic N) is 3. The van der Waals surface area contributed by atoms with Crippen LogP contribution in [0.3, 0.4) is 0 Å². The molecule has 0 atom stereocenters. The van der Waals surface area contributed by atoms with Crippen molar-refractivity contribution >= 4 is 0 Å². The zero-order chi connectivity index (χ0) is 12.5. The number of aliphatic hydroxyl groups is 1. The Kier molecular flexibility index (Phi) is 2.98. The van der Waals surface area contributed by atoms with E-state index in [4.69, 9.17) is 0 Å². The zero-order valence-electron chi connectivity index (χ0n) is 10.4. The minimum Gasteiger partial charge on any atom is -0.392 e. The molecule has 0 aliphatic rings. The van der Waals surface area contributed by atoms with Crippen LogP contribution < -0.4 is 0 Å². The van der Waals surface area contributed by atoms with Crippen LogP contribution in [-0.2, 0) is 12.0 Å². The Morgan fingerprint density at radius 3 is 2.59 bits per heavy atom. The molecule has 0 unspecified atom stereocenters. The average molecular weight is 231 g/mol. The summed E-state index contributed by atoms with van der Waals surface area (Å²) >= 11 is 0. The van der Waals surface area contributed by atoms with Crippen LogP contribution >= 0.6 is 0 Å². The van der Waals surface area contributed by atoms with E-state index in [-0.39, 0.29) is 12.0 Å². The van der Waals surface area contributed by atoms with Gasteiger partial charge >= 0.3 is 0 Å². The summed E-state index contributed by atoms with van der Waals surface area (Å²) < 4.78 is 1.70. The van der Waals surface area contributed by atoms with Gasteiger partial charge in [-0.25, -0.2) is 9.67 Å². The van der Waals surface area contributed by atoms with Crippen molar-refractivity contribution in [3.8, 4) is 5.82 Å². The van der Waals surface area contributed by atoms with Gasteiger partial charge in [0.25, 0.3) is 0 Å². The maximum absolute atomic E-state index is 9.29. The van der Waals surface area contributed by atoms with Gasteiger partial charge in [0, 0.05) is 23.5 Å². The van der Waals surface area contributed by atoms with Gasteiger partial charge in [-0.05, 0) is 23.8 Å². The Bertz CT molecular complexity index is 498. The SMILES string of the molecule is CC(C)(C)c1cc(CO)cc(-n2cccn2)n1. The normalized spacial score (nSPS) is 11.8. The molecule has 0 aliphatic heterocycles. The number of aliphatic hydroxyl groups excluding tert-OH is 1. The molecule has 2 heterocycles. The highest BCUT2D eigenvalue weighted by molar-refractivity contribution is 5.32. The van der Waals surface area contributed by atoms with E-state index >= 15 is 0 Å². The number of hydrogen-bond donors (Lipinski definition) is 1. The molecule has 4 heteroatoms. The first kappa shape index (κ1) is 11.8. The van der Waals surface area contributed by atoms with Crippen molar-refractivity contribution < 1.29 is 5.11 Å². The lowest BCUT2D eigenvalue weighted by Crippen LogP contribution is -2.16. The summed E-state index contributed by atoms with van der Waals surface area (Å²) in [4.78, 5) is 4.58. The molecule has 2 aromatic heterocycles. The van der Waals surface area contributed by atoms with Crippen LogP contribution in [0.15, 0.2) is 30.6 Å². The maximum atomic E-state index is 9.29. The second-order valence-corrected chi connectivity index (χ2v) is 5.08. The molecule has 2 aromatic rings. The molecule has 0 radical (unpaired) electrons. The second kappa shape index (κ2) is 4.30. The quantitative estimate of drug-likeness (QED) is 0.860. The lowest BCUT2D eigenvalue weighted by Gasteiger charge is -2.19. The molecule has 0 amide bonds. The first-order chi connectivity index (χ1) is 8.00. The molecule has 0 bridgehead atoms. The van der Waals surface area contributed by atoms with E-state index in [1.165, 1.54) is 0 Å². The van der Waals surface area contributed by atoms with Gasteiger partial charge in [0.1, 0.15) is 0 Å². The predicted octanol–water partition coefficient (Wildman–Crippen LogP) is 2.06. The van der Waals surface area contributed by atoms with Gasteiger partial charge in [0.15, 0.2) is 5.82 Å². The summed E-state index contributed by atoms with van der Waals surface area (Å²) in [5.74, 6) is 0.742. The van der Waals surface area contributed by atoms with Gasteiger partial charge in [-0.3, -0.25) is 0 Å². The molecule has 0 spiro atoms. The van der Waals surface area contributed by atoms with E-state index in [1.807, 2.05) is 24.4 Å². The van der Waals surface area contributed by atoms with Crippen LogP contribution in [0.1, 0.15) is 32.0 Å². The Morgan fingerprint density at radius 2 is 2.06 bits per heavy atom. The molecular formula is C13H17N3O. The average Bonchev–Trinajstić information content (AvgIpc) is 2.80. The van der Waals surface area contributed by atoms with Crippen molar-refractivity contribution in [3.63, 3.8) is 0 Å². The minimum atomic E-state index is -0.0485. The predicted molar refractivity (Wildman–Crippen MR) is 66.0 cm³/mol.